The number of halogens is 1. The highest BCUT2D eigenvalue weighted by Gasteiger charge is 2.16. The zero-order chi connectivity index (χ0) is 15.9. The van der Waals surface area contributed by atoms with Gasteiger partial charge in [-0.1, -0.05) is 61.0 Å². The van der Waals surface area contributed by atoms with Gasteiger partial charge in [0, 0.05) is 6.54 Å². The topological polar surface area (TPSA) is 58.2 Å². The molecule has 0 radical (unpaired) electrons. The van der Waals surface area contributed by atoms with Crippen molar-refractivity contribution in [1.29, 1.82) is 0 Å². The Kier molecular flexibility index (Phi) is 5.55. The zero-order valence-corrected chi connectivity index (χ0v) is 12.9. The van der Waals surface area contributed by atoms with E-state index in [9.17, 15) is 9.59 Å². The summed E-state index contributed by atoms with van der Waals surface area (Å²) in [5.41, 5.74) is 1.52. The standard InChI is InChI=1S/C17H17ClN2O2/c1-12(13-7-3-2-4-8-13)11-19-16(21)17(22)20-15-10-6-5-9-14(15)18/h2-10,12H,11H2,1H3,(H,19,21)(H,20,22)/t12-/m1/s1. The molecule has 0 aliphatic heterocycles. The molecular weight excluding hydrogens is 300 g/mol. The lowest BCUT2D eigenvalue weighted by Crippen LogP contribution is -2.37. The van der Waals surface area contributed by atoms with Crippen molar-refractivity contribution in [1.82, 2.24) is 5.32 Å². The molecule has 114 valence electrons. The number of carbonyl (C=O) groups is 2. The molecule has 0 unspecified atom stereocenters. The van der Waals surface area contributed by atoms with Crippen LogP contribution in [0.3, 0.4) is 0 Å². The number of rotatable bonds is 4. The molecule has 0 bridgehead atoms. The number of benzene rings is 2. The van der Waals surface area contributed by atoms with Crippen LogP contribution >= 0.6 is 11.6 Å². The number of carbonyl (C=O) groups excluding carboxylic acids is 2. The number of anilines is 1. The Hall–Kier alpha value is -2.33. The maximum atomic E-state index is 11.8. The Morgan fingerprint density at radius 1 is 1.00 bits per heavy atom. The summed E-state index contributed by atoms with van der Waals surface area (Å²) in [5, 5.41) is 5.51. The first-order valence-electron chi connectivity index (χ1n) is 6.96. The van der Waals surface area contributed by atoms with Crippen LogP contribution in [0.1, 0.15) is 18.4 Å². The molecule has 0 aromatic heterocycles. The normalized spacial score (nSPS) is 11.5. The van der Waals surface area contributed by atoms with Crippen LogP contribution in [0.25, 0.3) is 0 Å². The second-order valence-electron chi connectivity index (χ2n) is 4.96. The molecule has 2 aromatic carbocycles. The number of hydrogen-bond acceptors (Lipinski definition) is 2. The largest absolute Gasteiger partial charge is 0.347 e. The molecule has 0 heterocycles. The van der Waals surface area contributed by atoms with Gasteiger partial charge in [0.25, 0.3) is 0 Å². The van der Waals surface area contributed by atoms with Gasteiger partial charge < -0.3 is 10.6 Å². The van der Waals surface area contributed by atoms with Gasteiger partial charge in [0.15, 0.2) is 0 Å². The monoisotopic (exact) mass is 316 g/mol. The molecule has 0 spiro atoms. The van der Waals surface area contributed by atoms with Gasteiger partial charge in [0.05, 0.1) is 10.7 Å². The van der Waals surface area contributed by atoms with Crippen molar-refractivity contribution < 1.29 is 9.59 Å². The Balaban J connectivity index is 1.87. The molecule has 0 saturated heterocycles. The van der Waals surface area contributed by atoms with Crippen LogP contribution in [0.2, 0.25) is 5.02 Å². The Morgan fingerprint density at radius 2 is 1.64 bits per heavy atom. The first-order chi connectivity index (χ1) is 10.6. The highest BCUT2D eigenvalue weighted by Crippen LogP contribution is 2.20. The van der Waals surface area contributed by atoms with Gasteiger partial charge in [-0.2, -0.15) is 0 Å². The Labute approximate surface area is 134 Å². The summed E-state index contributed by atoms with van der Waals surface area (Å²) >= 11 is 5.93. The second kappa shape index (κ2) is 7.61. The molecule has 0 aliphatic rings. The predicted octanol–water partition coefficient (Wildman–Crippen LogP) is 3.20. The van der Waals surface area contributed by atoms with Gasteiger partial charge in [0.1, 0.15) is 0 Å². The molecule has 0 aliphatic carbocycles. The van der Waals surface area contributed by atoms with Crippen molar-refractivity contribution in [3.63, 3.8) is 0 Å². The third-order valence-corrected chi connectivity index (χ3v) is 3.60. The van der Waals surface area contributed by atoms with E-state index in [1.807, 2.05) is 37.3 Å². The van der Waals surface area contributed by atoms with Crippen molar-refractivity contribution in [2.45, 2.75) is 12.8 Å². The lowest BCUT2D eigenvalue weighted by Gasteiger charge is -2.13. The van der Waals surface area contributed by atoms with Crippen molar-refractivity contribution in [3.05, 3.63) is 65.2 Å². The van der Waals surface area contributed by atoms with Gasteiger partial charge >= 0.3 is 11.8 Å². The fraction of sp³-hybridized carbons (Fsp3) is 0.176. The summed E-state index contributed by atoms with van der Waals surface area (Å²) in [6.45, 7) is 2.38. The molecule has 0 saturated carbocycles. The fourth-order valence-corrected chi connectivity index (χ4v) is 2.15. The lowest BCUT2D eigenvalue weighted by molar-refractivity contribution is -0.136. The van der Waals surface area contributed by atoms with Crippen molar-refractivity contribution >= 4 is 29.1 Å². The van der Waals surface area contributed by atoms with Gasteiger partial charge in [-0.3, -0.25) is 9.59 Å². The average molecular weight is 317 g/mol. The number of amides is 2. The SMILES string of the molecule is C[C@H](CNC(=O)C(=O)Nc1ccccc1Cl)c1ccccc1. The first-order valence-corrected chi connectivity index (χ1v) is 7.34. The molecule has 22 heavy (non-hydrogen) atoms. The molecule has 2 aromatic rings. The minimum absolute atomic E-state index is 0.123. The molecule has 2 rings (SSSR count). The van der Waals surface area contributed by atoms with E-state index < -0.39 is 11.8 Å². The van der Waals surface area contributed by atoms with Crippen LogP contribution in [-0.4, -0.2) is 18.4 Å². The predicted molar refractivity (Wildman–Crippen MR) is 87.9 cm³/mol. The number of hydrogen-bond donors (Lipinski definition) is 2. The Morgan fingerprint density at radius 3 is 2.32 bits per heavy atom. The highest BCUT2D eigenvalue weighted by atomic mass is 35.5. The van der Waals surface area contributed by atoms with E-state index in [2.05, 4.69) is 10.6 Å². The van der Waals surface area contributed by atoms with Gasteiger partial charge in [-0.15, -0.1) is 0 Å². The zero-order valence-electron chi connectivity index (χ0n) is 12.2. The number of nitrogens with one attached hydrogen (secondary N) is 2. The van der Waals surface area contributed by atoms with E-state index in [4.69, 9.17) is 11.6 Å². The molecule has 0 fully saturated rings. The van der Waals surface area contributed by atoms with Gasteiger partial charge in [-0.25, -0.2) is 0 Å². The lowest BCUT2D eigenvalue weighted by atomic mass is 10.0. The maximum absolute atomic E-state index is 11.8. The van der Waals surface area contributed by atoms with E-state index in [0.29, 0.717) is 17.3 Å². The quantitative estimate of drug-likeness (QED) is 0.851. The van der Waals surface area contributed by atoms with Crippen LogP contribution < -0.4 is 10.6 Å². The minimum Gasteiger partial charge on any atom is -0.347 e. The smallest absolute Gasteiger partial charge is 0.313 e. The number of para-hydroxylation sites is 1. The van der Waals surface area contributed by atoms with E-state index in [1.54, 1.807) is 24.3 Å². The van der Waals surface area contributed by atoms with Crippen LogP contribution in [0, 0.1) is 0 Å². The summed E-state index contributed by atoms with van der Waals surface area (Å²) in [7, 11) is 0. The van der Waals surface area contributed by atoms with E-state index in [-0.39, 0.29) is 5.92 Å². The fourth-order valence-electron chi connectivity index (χ4n) is 1.97. The van der Waals surface area contributed by atoms with Crippen LogP contribution in [0.5, 0.6) is 0 Å². The molecule has 1 atom stereocenters. The van der Waals surface area contributed by atoms with Crippen molar-refractivity contribution in [2.24, 2.45) is 0 Å². The molecule has 2 amide bonds. The maximum Gasteiger partial charge on any atom is 0.313 e. The van der Waals surface area contributed by atoms with Crippen LogP contribution in [0.15, 0.2) is 54.6 Å². The summed E-state index contributed by atoms with van der Waals surface area (Å²) in [4.78, 5) is 23.7. The molecular formula is C17H17ClN2O2. The summed E-state index contributed by atoms with van der Waals surface area (Å²) in [5.74, 6) is -1.28. The molecule has 5 heteroatoms. The first kappa shape index (κ1) is 16.0. The molecule has 4 nitrogen and oxygen atoms in total. The van der Waals surface area contributed by atoms with E-state index >= 15 is 0 Å². The third kappa shape index (κ3) is 4.33. The second-order valence-corrected chi connectivity index (χ2v) is 5.36. The minimum atomic E-state index is -0.728. The van der Waals surface area contributed by atoms with E-state index in [1.165, 1.54) is 0 Å². The summed E-state index contributed by atoms with van der Waals surface area (Å²) < 4.78 is 0. The van der Waals surface area contributed by atoms with Crippen molar-refractivity contribution in [3.8, 4) is 0 Å². The molecule has 2 N–H and O–H groups in total. The average Bonchev–Trinajstić information content (AvgIpc) is 2.55. The van der Waals surface area contributed by atoms with E-state index in [0.717, 1.165) is 5.56 Å². The van der Waals surface area contributed by atoms with Crippen LogP contribution in [-0.2, 0) is 9.59 Å². The Bertz CT molecular complexity index is 659. The third-order valence-electron chi connectivity index (χ3n) is 3.27. The van der Waals surface area contributed by atoms with Gasteiger partial charge in [0.2, 0.25) is 0 Å². The summed E-state index contributed by atoms with van der Waals surface area (Å²) in [6, 6.07) is 16.6. The highest BCUT2D eigenvalue weighted by molar-refractivity contribution is 6.41. The van der Waals surface area contributed by atoms with Crippen molar-refractivity contribution in [2.75, 3.05) is 11.9 Å². The van der Waals surface area contributed by atoms with Gasteiger partial charge in [-0.05, 0) is 23.6 Å². The summed E-state index contributed by atoms with van der Waals surface area (Å²) in [6.07, 6.45) is 0. The van der Waals surface area contributed by atoms with Crippen LogP contribution in [0.4, 0.5) is 5.69 Å².